The summed E-state index contributed by atoms with van der Waals surface area (Å²) in [6.45, 7) is 6.79. The first-order valence-electron chi connectivity index (χ1n) is 11.7. The van der Waals surface area contributed by atoms with Crippen LogP contribution in [0.3, 0.4) is 0 Å². The maximum Gasteiger partial charge on any atom is 0.243 e. The predicted molar refractivity (Wildman–Crippen MR) is 119 cm³/mol. The van der Waals surface area contributed by atoms with Crippen LogP contribution in [0.25, 0.3) is 0 Å². The van der Waals surface area contributed by atoms with Crippen molar-refractivity contribution in [3.63, 3.8) is 0 Å². The third-order valence-corrected chi connectivity index (χ3v) is 9.29. The van der Waals surface area contributed by atoms with Gasteiger partial charge in [-0.15, -0.1) is 0 Å². The number of aryl methyl sites for hydroxylation is 1. The van der Waals surface area contributed by atoms with Gasteiger partial charge in [0.1, 0.15) is 0 Å². The van der Waals surface area contributed by atoms with Gasteiger partial charge in [0, 0.05) is 23.1 Å². The maximum absolute atomic E-state index is 13.3. The minimum atomic E-state index is 0.0556. The molecule has 1 aliphatic heterocycles. The lowest BCUT2D eigenvalue weighted by molar-refractivity contribution is -0.129. The molecule has 0 saturated heterocycles. The van der Waals surface area contributed by atoms with E-state index in [1.54, 1.807) is 6.08 Å². The monoisotopic (exact) mass is 406 g/mol. The fourth-order valence-electron chi connectivity index (χ4n) is 7.72. The normalized spacial score (nSPS) is 42.0. The fourth-order valence-corrected chi connectivity index (χ4v) is 7.72. The number of amides is 2. The largest absolute Gasteiger partial charge is 0.349 e. The zero-order chi connectivity index (χ0) is 21.1. The Kier molecular flexibility index (Phi) is 4.61. The van der Waals surface area contributed by atoms with Gasteiger partial charge < -0.3 is 10.6 Å². The number of rotatable bonds is 2. The second-order valence-corrected chi connectivity index (χ2v) is 10.7. The molecule has 0 bridgehead atoms. The van der Waals surface area contributed by atoms with Crippen LogP contribution in [0.4, 0.5) is 5.69 Å². The predicted octanol–water partition coefficient (Wildman–Crippen LogP) is 4.85. The molecule has 1 aromatic rings. The molecule has 0 spiro atoms. The van der Waals surface area contributed by atoms with E-state index in [0.717, 1.165) is 37.8 Å². The van der Waals surface area contributed by atoms with Crippen LogP contribution >= 0.6 is 0 Å². The molecule has 3 saturated carbocycles. The van der Waals surface area contributed by atoms with E-state index < -0.39 is 0 Å². The molecule has 160 valence electrons. The van der Waals surface area contributed by atoms with Crippen LogP contribution in [-0.2, 0) is 9.59 Å². The summed E-state index contributed by atoms with van der Waals surface area (Å²) in [5, 5.41) is 6.44. The number of carbonyl (C=O) groups is 2. The van der Waals surface area contributed by atoms with Crippen molar-refractivity contribution in [2.75, 3.05) is 5.32 Å². The molecule has 5 rings (SSSR count). The highest BCUT2D eigenvalue weighted by Gasteiger charge is 2.60. The lowest BCUT2D eigenvalue weighted by atomic mass is 9.48. The first kappa shape index (κ1) is 19.8. The second-order valence-electron chi connectivity index (χ2n) is 10.7. The number of hydrogen-bond acceptors (Lipinski definition) is 2. The quantitative estimate of drug-likeness (QED) is 0.738. The van der Waals surface area contributed by atoms with Crippen molar-refractivity contribution < 1.29 is 9.59 Å². The Bertz CT molecular complexity index is 908. The zero-order valence-corrected chi connectivity index (χ0v) is 18.4. The molecule has 2 N–H and O–H groups in total. The minimum Gasteiger partial charge on any atom is -0.349 e. The van der Waals surface area contributed by atoms with Gasteiger partial charge in [-0.25, -0.2) is 0 Å². The molecule has 4 aliphatic rings. The SMILES string of the molecule is Cc1cccc(NC(=O)[C@H]2CC[C@H]3[C@@H]4CC[C@H]5NC(=O)C=C[C@]5(C)[C@H]4CC[C@]23C)c1. The van der Waals surface area contributed by atoms with Gasteiger partial charge in [0.05, 0.1) is 0 Å². The van der Waals surface area contributed by atoms with E-state index in [2.05, 4.69) is 49.6 Å². The molecule has 1 heterocycles. The Morgan fingerprint density at radius 1 is 1.10 bits per heavy atom. The molecule has 4 nitrogen and oxygen atoms in total. The summed E-state index contributed by atoms with van der Waals surface area (Å²) >= 11 is 0. The molecular weight excluding hydrogens is 372 g/mol. The Labute approximate surface area is 179 Å². The summed E-state index contributed by atoms with van der Waals surface area (Å²) in [7, 11) is 0. The van der Waals surface area contributed by atoms with Crippen LogP contribution in [0.5, 0.6) is 0 Å². The highest BCUT2D eigenvalue weighted by Crippen LogP contribution is 2.65. The molecule has 0 radical (unpaired) electrons. The van der Waals surface area contributed by atoms with Crippen molar-refractivity contribution in [2.24, 2.45) is 34.5 Å². The molecule has 3 aliphatic carbocycles. The summed E-state index contributed by atoms with van der Waals surface area (Å²) in [6, 6.07) is 8.37. The van der Waals surface area contributed by atoms with Gasteiger partial charge in [0.15, 0.2) is 0 Å². The summed E-state index contributed by atoms with van der Waals surface area (Å²) in [4.78, 5) is 25.2. The topological polar surface area (TPSA) is 58.2 Å². The van der Waals surface area contributed by atoms with Crippen molar-refractivity contribution in [1.82, 2.24) is 5.32 Å². The molecule has 0 aromatic heterocycles. The van der Waals surface area contributed by atoms with E-state index in [0.29, 0.717) is 17.8 Å². The van der Waals surface area contributed by atoms with Gasteiger partial charge in [-0.2, -0.15) is 0 Å². The number of hydrogen-bond donors (Lipinski definition) is 2. The number of nitrogens with one attached hydrogen (secondary N) is 2. The molecule has 0 unspecified atom stereocenters. The summed E-state index contributed by atoms with van der Waals surface area (Å²) in [5.41, 5.74) is 2.22. The number of benzene rings is 1. The lowest BCUT2D eigenvalue weighted by Gasteiger charge is -2.58. The van der Waals surface area contributed by atoms with Crippen molar-refractivity contribution in [3.8, 4) is 0 Å². The Balaban J connectivity index is 1.37. The number of anilines is 1. The molecule has 4 heteroatoms. The lowest BCUT2D eigenvalue weighted by Crippen LogP contribution is -2.59. The third kappa shape index (κ3) is 2.94. The van der Waals surface area contributed by atoms with Crippen molar-refractivity contribution >= 4 is 17.5 Å². The van der Waals surface area contributed by atoms with E-state index in [9.17, 15) is 9.59 Å². The third-order valence-electron chi connectivity index (χ3n) is 9.29. The van der Waals surface area contributed by atoms with E-state index in [1.807, 2.05) is 12.1 Å². The van der Waals surface area contributed by atoms with E-state index in [-0.39, 0.29) is 34.6 Å². The van der Waals surface area contributed by atoms with Gasteiger partial charge in [-0.1, -0.05) is 32.1 Å². The number of carbonyl (C=O) groups excluding carboxylic acids is 2. The Hall–Kier alpha value is -2.10. The van der Waals surface area contributed by atoms with Crippen LogP contribution in [-0.4, -0.2) is 17.9 Å². The van der Waals surface area contributed by atoms with Crippen LogP contribution in [0.1, 0.15) is 57.9 Å². The molecule has 1 aromatic carbocycles. The van der Waals surface area contributed by atoms with Gasteiger partial charge in [0.2, 0.25) is 11.8 Å². The first-order valence-corrected chi connectivity index (χ1v) is 11.7. The smallest absolute Gasteiger partial charge is 0.243 e. The van der Waals surface area contributed by atoms with E-state index in [4.69, 9.17) is 0 Å². The second kappa shape index (κ2) is 6.96. The molecule has 30 heavy (non-hydrogen) atoms. The Morgan fingerprint density at radius 2 is 1.93 bits per heavy atom. The number of fused-ring (bicyclic) bond motifs is 5. The summed E-state index contributed by atoms with van der Waals surface area (Å²) in [6.07, 6.45) is 10.6. The molecule has 2 amide bonds. The van der Waals surface area contributed by atoms with Crippen LogP contribution in [0.2, 0.25) is 0 Å². The highest BCUT2D eigenvalue weighted by atomic mass is 16.2. The highest BCUT2D eigenvalue weighted by molar-refractivity contribution is 5.93. The summed E-state index contributed by atoms with van der Waals surface area (Å²) in [5.74, 6) is 2.22. The zero-order valence-electron chi connectivity index (χ0n) is 18.4. The summed E-state index contributed by atoms with van der Waals surface area (Å²) < 4.78 is 0. The molecule has 7 atom stereocenters. The fraction of sp³-hybridized carbons (Fsp3) is 0.615. The van der Waals surface area contributed by atoms with Gasteiger partial charge in [-0.3, -0.25) is 9.59 Å². The van der Waals surface area contributed by atoms with Crippen LogP contribution in [0, 0.1) is 41.4 Å². The molecular formula is C26H34N2O2. The van der Waals surface area contributed by atoms with Crippen LogP contribution < -0.4 is 10.6 Å². The van der Waals surface area contributed by atoms with Crippen molar-refractivity contribution in [2.45, 2.75) is 65.3 Å². The first-order chi connectivity index (χ1) is 14.3. The van der Waals surface area contributed by atoms with Gasteiger partial charge in [-0.05, 0) is 92.4 Å². The van der Waals surface area contributed by atoms with Crippen molar-refractivity contribution in [1.29, 1.82) is 0 Å². The Morgan fingerprint density at radius 3 is 2.73 bits per heavy atom. The van der Waals surface area contributed by atoms with Gasteiger partial charge >= 0.3 is 0 Å². The maximum atomic E-state index is 13.3. The average molecular weight is 407 g/mol. The van der Waals surface area contributed by atoms with E-state index in [1.165, 1.54) is 12.0 Å². The van der Waals surface area contributed by atoms with Gasteiger partial charge in [0.25, 0.3) is 0 Å². The minimum absolute atomic E-state index is 0.0556. The van der Waals surface area contributed by atoms with E-state index >= 15 is 0 Å². The van der Waals surface area contributed by atoms with Crippen LogP contribution in [0.15, 0.2) is 36.4 Å². The standard InChI is InChI=1S/C26H34N2O2/c1-16-5-4-6-17(15-16)27-24(30)21-9-8-19-18-7-10-22-26(3,14-12-23(29)28-22)20(18)11-13-25(19,21)2/h4-6,12,14-15,18-22H,7-11,13H2,1-3H3,(H,27,30)(H,28,29)/t18-,19-,20-,21+,22+,25-,26+/m0/s1. The molecule has 3 fully saturated rings. The van der Waals surface area contributed by atoms with Crippen molar-refractivity contribution in [3.05, 3.63) is 42.0 Å². The average Bonchev–Trinajstić information content (AvgIpc) is 3.06.